The fraction of sp³-hybridized carbons (Fsp3) is 0.0667. The van der Waals surface area contributed by atoms with Crippen molar-refractivity contribution in [1.82, 2.24) is 0 Å². The van der Waals surface area contributed by atoms with Gasteiger partial charge in [0.25, 0.3) is 0 Å². The highest BCUT2D eigenvalue weighted by Crippen LogP contribution is 2.22. The van der Waals surface area contributed by atoms with Crippen molar-refractivity contribution in [2.45, 2.75) is 6.61 Å². The molecule has 0 fully saturated rings. The quantitative estimate of drug-likeness (QED) is 0.790. The lowest BCUT2D eigenvalue weighted by molar-refractivity contribution is 0.275. The van der Waals surface area contributed by atoms with Crippen LogP contribution in [0, 0.1) is 0 Å². The van der Waals surface area contributed by atoms with Crippen LogP contribution in [-0.2, 0) is 6.61 Å². The summed E-state index contributed by atoms with van der Waals surface area (Å²) in [5, 5.41) is 18.8. The highest BCUT2D eigenvalue weighted by molar-refractivity contribution is 5.72. The van der Waals surface area contributed by atoms with Crippen LogP contribution < -0.4 is 0 Å². The number of hydrogen-bond donors (Lipinski definition) is 2. The predicted molar refractivity (Wildman–Crippen MR) is 69.4 cm³/mol. The summed E-state index contributed by atoms with van der Waals surface area (Å²) in [4.78, 5) is 0. The second kappa shape index (κ2) is 5.32. The van der Waals surface area contributed by atoms with Crippen molar-refractivity contribution in [1.29, 1.82) is 0 Å². The van der Waals surface area contributed by atoms with Crippen LogP contribution in [0.1, 0.15) is 16.7 Å². The lowest BCUT2D eigenvalue weighted by Gasteiger charge is -2.04. The number of aliphatic hydroxyl groups excluding tert-OH is 1. The number of aromatic hydroxyl groups is 1. The third kappa shape index (κ3) is 2.74. The van der Waals surface area contributed by atoms with E-state index >= 15 is 0 Å². The Morgan fingerprint density at radius 3 is 2.35 bits per heavy atom. The summed E-state index contributed by atoms with van der Waals surface area (Å²) in [7, 11) is 0. The number of rotatable bonds is 3. The minimum atomic E-state index is -0.166. The number of aliphatic hydroxyl groups is 1. The highest BCUT2D eigenvalue weighted by Gasteiger charge is 2.03. The van der Waals surface area contributed by atoms with Gasteiger partial charge in [0.05, 0.1) is 6.61 Å². The van der Waals surface area contributed by atoms with Crippen molar-refractivity contribution in [2.24, 2.45) is 0 Å². The van der Waals surface area contributed by atoms with Crippen LogP contribution in [-0.4, -0.2) is 10.2 Å². The summed E-state index contributed by atoms with van der Waals surface area (Å²) in [6, 6.07) is 15.1. The average Bonchev–Trinajstić information content (AvgIpc) is 2.37. The Bertz CT molecular complexity index is 516. The van der Waals surface area contributed by atoms with Crippen molar-refractivity contribution in [2.75, 3.05) is 0 Å². The number of benzene rings is 2. The first-order valence-corrected chi connectivity index (χ1v) is 5.46. The molecule has 2 rings (SSSR count). The van der Waals surface area contributed by atoms with Gasteiger partial charge in [-0.2, -0.15) is 0 Å². The van der Waals surface area contributed by atoms with E-state index in [1.807, 2.05) is 48.6 Å². The molecule has 0 spiro atoms. The summed E-state index contributed by atoms with van der Waals surface area (Å²) < 4.78 is 0. The zero-order valence-corrected chi connectivity index (χ0v) is 9.38. The van der Waals surface area contributed by atoms with Gasteiger partial charge in [0.1, 0.15) is 5.75 Å². The molecule has 0 aliphatic carbocycles. The van der Waals surface area contributed by atoms with Crippen LogP contribution in [0.3, 0.4) is 0 Å². The molecule has 2 nitrogen and oxygen atoms in total. The minimum absolute atomic E-state index is 0.128. The average molecular weight is 226 g/mol. The summed E-state index contributed by atoms with van der Waals surface area (Å²) in [6.45, 7) is -0.166. The molecular formula is C15H14O2. The first-order chi connectivity index (χ1) is 8.31. The minimum Gasteiger partial charge on any atom is -0.508 e. The molecule has 2 heteroatoms. The van der Waals surface area contributed by atoms with Gasteiger partial charge in [0.15, 0.2) is 0 Å². The summed E-state index contributed by atoms with van der Waals surface area (Å²) in [5.74, 6) is 0.128. The third-order valence-electron chi connectivity index (χ3n) is 2.60. The van der Waals surface area contributed by atoms with Gasteiger partial charge < -0.3 is 10.2 Å². The van der Waals surface area contributed by atoms with Gasteiger partial charge in [-0.05, 0) is 17.2 Å². The van der Waals surface area contributed by atoms with E-state index in [0.29, 0.717) is 5.56 Å². The van der Waals surface area contributed by atoms with Crippen molar-refractivity contribution < 1.29 is 10.2 Å². The molecule has 0 radical (unpaired) electrons. The second-order valence-corrected chi connectivity index (χ2v) is 3.75. The maximum atomic E-state index is 9.59. The van der Waals surface area contributed by atoms with Gasteiger partial charge in [-0.1, -0.05) is 54.6 Å². The van der Waals surface area contributed by atoms with E-state index in [-0.39, 0.29) is 12.4 Å². The highest BCUT2D eigenvalue weighted by atomic mass is 16.3. The molecule has 0 saturated carbocycles. The SMILES string of the molecule is OCc1c(O)cccc1C=Cc1ccccc1. The maximum absolute atomic E-state index is 9.59. The Kier molecular flexibility index (Phi) is 3.58. The van der Waals surface area contributed by atoms with E-state index in [0.717, 1.165) is 11.1 Å². The van der Waals surface area contributed by atoms with Crippen molar-refractivity contribution in [3.05, 3.63) is 65.2 Å². The molecule has 2 N–H and O–H groups in total. The molecule has 0 heterocycles. The molecule has 0 aliphatic rings. The fourth-order valence-electron chi connectivity index (χ4n) is 1.67. The molecule has 0 atom stereocenters. The van der Waals surface area contributed by atoms with Crippen LogP contribution >= 0.6 is 0 Å². The summed E-state index contributed by atoms with van der Waals surface area (Å²) in [5.41, 5.74) is 2.47. The zero-order valence-electron chi connectivity index (χ0n) is 9.38. The molecule has 0 bridgehead atoms. The largest absolute Gasteiger partial charge is 0.508 e. The van der Waals surface area contributed by atoms with Gasteiger partial charge in [-0.25, -0.2) is 0 Å². The summed E-state index contributed by atoms with van der Waals surface area (Å²) >= 11 is 0. The lowest BCUT2D eigenvalue weighted by atomic mass is 10.1. The maximum Gasteiger partial charge on any atom is 0.121 e. The number of phenols is 1. The Labute approximate surface area is 100 Å². The van der Waals surface area contributed by atoms with E-state index < -0.39 is 0 Å². The van der Waals surface area contributed by atoms with Crippen LogP contribution in [0.25, 0.3) is 12.2 Å². The van der Waals surface area contributed by atoms with Gasteiger partial charge in [0, 0.05) is 5.56 Å². The van der Waals surface area contributed by atoms with E-state index in [1.165, 1.54) is 0 Å². The molecule has 17 heavy (non-hydrogen) atoms. The van der Waals surface area contributed by atoms with Crippen LogP contribution in [0.15, 0.2) is 48.5 Å². The predicted octanol–water partition coefficient (Wildman–Crippen LogP) is 3.05. The van der Waals surface area contributed by atoms with Gasteiger partial charge in [-0.3, -0.25) is 0 Å². The lowest BCUT2D eigenvalue weighted by Crippen LogP contribution is -1.88. The van der Waals surface area contributed by atoms with E-state index in [9.17, 15) is 10.2 Å². The molecular weight excluding hydrogens is 212 g/mol. The molecule has 2 aromatic carbocycles. The molecule has 0 saturated heterocycles. The van der Waals surface area contributed by atoms with Crippen molar-refractivity contribution in [3.8, 4) is 5.75 Å². The molecule has 0 aromatic heterocycles. The smallest absolute Gasteiger partial charge is 0.121 e. The Morgan fingerprint density at radius 2 is 1.65 bits per heavy atom. The first-order valence-electron chi connectivity index (χ1n) is 5.46. The molecule has 2 aromatic rings. The Balaban J connectivity index is 2.30. The molecule has 0 amide bonds. The standard InChI is InChI=1S/C15H14O2/c16-11-14-13(7-4-8-15(14)17)10-9-12-5-2-1-3-6-12/h1-10,16-17H,11H2. The van der Waals surface area contributed by atoms with E-state index in [4.69, 9.17) is 0 Å². The molecule has 0 aliphatic heterocycles. The van der Waals surface area contributed by atoms with Gasteiger partial charge >= 0.3 is 0 Å². The van der Waals surface area contributed by atoms with Crippen molar-refractivity contribution in [3.63, 3.8) is 0 Å². The van der Waals surface area contributed by atoms with Gasteiger partial charge in [0.2, 0.25) is 0 Å². The fourth-order valence-corrected chi connectivity index (χ4v) is 1.67. The van der Waals surface area contributed by atoms with E-state index in [1.54, 1.807) is 12.1 Å². The van der Waals surface area contributed by atoms with Crippen LogP contribution in [0.2, 0.25) is 0 Å². The monoisotopic (exact) mass is 226 g/mol. The van der Waals surface area contributed by atoms with Crippen LogP contribution in [0.5, 0.6) is 5.75 Å². The molecule has 86 valence electrons. The van der Waals surface area contributed by atoms with Gasteiger partial charge in [-0.15, -0.1) is 0 Å². The Hall–Kier alpha value is -2.06. The third-order valence-corrected chi connectivity index (χ3v) is 2.60. The number of hydrogen-bond acceptors (Lipinski definition) is 2. The Morgan fingerprint density at radius 1 is 0.882 bits per heavy atom. The first kappa shape index (κ1) is 11.4. The summed E-state index contributed by atoms with van der Waals surface area (Å²) in [6.07, 6.45) is 3.84. The molecule has 0 unspecified atom stereocenters. The zero-order chi connectivity index (χ0) is 12.1. The van der Waals surface area contributed by atoms with Crippen LogP contribution in [0.4, 0.5) is 0 Å². The van der Waals surface area contributed by atoms with Crippen molar-refractivity contribution >= 4 is 12.2 Å². The normalized spacial score (nSPS) is 10.9. The van der Waals surface area contributed by atoms with E-state index in [2.05, 4.69) is 0 Å². The second-order valence-electron chi connectivity index (χ2n) is 3.75. The topological polar surface area (TPSA) is 40.5 Å².